The summed E-state index contributed by atoms with van der Waals surface area (Å²) in [5.41, 5.74) is 3.30. The Morgan fingerprint density at radius 2 is 1.84 bits per heavy atom. The van der Waals surface area contributed by atoms with Crippen LogP contribution in [0.5, 0.6) is 0 Å². The van der Waals surface area contributed by atoms with Gasteiger partial charge in [0.2, 0.25) is 0 Å². The third-order valence-electron chi connectivity index (χ3n) is 7.05. The second kappa shape index (κ2) is 9.68. The highest BCUT2D eigenvalue weighted by molar-refractivity contribution is 5.91. The number of alkyl halides is 5. The first kappa shape index (κ1) is 26.1. The molecule has 204 valence electrons. The Labute approximate surface area is 214 Å². The van der Waals surface area contributed by atoms with Gasteiger partial charge in [-0.15, -0.1) is 0 Å². The molecule has 0 saturated carbocycles. The Hall–Kier alpha value is -3.48. The van der Waals surface area contributed by atoms with Gasteiger partial charge < -0.3 is 24.3 Å². The fourth-order valence-electron chi connectivity index (χ4n) is 4.94. The topological polar surface area (TPSA) is 62.1 Å². The van der Waals surface area contributed by atoms with Crippen LogP contribution in [-0.4, -0.2) is 71.8 Å². The monoisotopic (exact) mass is 541 g/mol. The molecule has 5 rings (SSSR count). The van der Waals surface area contributed by atoms with Crippen molar-refractivity contribution in [3.8, 4) is 11.1 Å². The summed E-state index contributed by atoms with van der Waals surface area (Å²) in [5, 5.41) is 2.35. The Bertz CT molecular complexity index is 1350. The molecule has 0 radical (unpaired) electrons. The van der Waals surface area contributed by atoms with Crippen molar-refractivity contribution in [3.63, 3.8) is 0 Å². The molecule has 38 heavy (non-hydrogen) atoms. The molecule has 0 bridgehead atoms. The Balaban J connectivity index is 1.41. The molecular weight excluding hydrogens is 516 g/mol. The summed E-state index contributed by atoms with van der Waals surface area (Å²) in [5.74, 6) is -7.74. The predicted molar refractivity (Wildman–Crippen MR) is 128 cm³/mol. The predicted octanol–water partition coefficient (Wildman–Crippen LogP) is 5.34. The van der Waals surface area contributed by atoms with Gasteiger partial charge in [0.1, 0.15) is 5.82 Å². The lowest BCUT2D eigenvalue weighted by molar-refractivity contribution is -0.300. The molecule has 1 N–H and O–H groups in total. The average molecular weight is 541 g/mol. The molecule has 1 unspecified atom stereocenters. The first-order chi connectivity index (χ1) is 18.0. The maximum atomic E-state index is 14.8. The maximum absolute atomic E-state index is 14.8. The maximum Gasteiger partial charge on any atom is 0.453 e. The molecule has 2 aromatic heterocycles. The highest BCUT2D eigenvalue weighted by atomic mass is 19.4. The van der Waals surface area contributed by atoms with Crippen LogP contribution in [0.25, 0.3) is 16.8 Å². The fraction of sp³-hybridized carbons (Fsp3) is 0.440. The molecule has 1 aromatic carbocycles. The van der Waals surface area contributed by atoms with Gasteiger partial charge >= 0.3 is 18.1 Å². The summed E-state index contributed by atoms with van der Waals surface area (Å²) in [6.45, 7) is 3.08. The molecule has 4 heterocycles. The third kappa shape index (κ3) is 4.74. The zero-order valence-electron chi connectivity index (χ0n) is 20.4. The van der Waals surface area contributed by atoms with Crippen molar-refractivity contribution in [2.24, 2.45) is 5.92 Å². The van der Waals surface area contributed by atoms with Crippen LogP contribution in [0.2, 0.25) is 0 Å². The molecule has 1 atom stereocenters. The fourth-order valence-corrected chi connectivity index (χ4v) is 4.94. The molecule has 7 nitrogen and oxygen atoms in total. The van der Waals surface area contributed by atoms with E-state index < -0.39 is 42.8 Å². The summed E-state index contributed by atoms with van der Waals surface area (Å²) in [7, 11) is 0. The van der Waals surface area contributed by atoms with Crippen LogP contribution in [0, 0.1) is 18.7 Å². The van der Waals surface area contributed by atoms with Crippen molar-refractivity contribution in [3.05, 3.63) is 48.2 Å². The number of benzene rings is 1. The van der Waals surface area contributed by atoms with E-state index in [4.69, 9.17) is 4.74 Å². The van der Waals surface area contributed by atoms with Gasteiger partial charge in [0.05, 0.1) is 30.5 Å². The number of ether oxygens (including phenoxy) is 1. The number of hydrogen-bond donors (Lipinski definition) is 1. The number of fused-ring (bicyclic) bond motifs is 1. The van der Waals surface area contributed by atoms with E-state index in [-0.39, 0.29) is 12.2 Å². The second-order valence-corrected chi connectivity index (χ2v) is 9.50. The Morgan fingerprint density at radius 3 is 2.55 bits per heavy atom. The lowest BCUT2D eigenvalue weighted by atomic mass is 10.00. The van der Waals surface area contributed by atoms with E-state index in [1.165, 1.54) is 12.1 Å². The number of likely N-dealkylation sites (tertiary alicyclic amines) is 1. The minimum Gasteiger partial charge on any atom is -0.378 e. The largest absolute Gasteiger partial charge is 0.453 e. The zero-order chi connectivity index (χ0) is 27.2. The van der Waals surface area contributed by atoms with Crippen LogP contribution >= 0.6 is 0 Å². The molecule has 3 aromatic rings. The average Bonchev–Trinajstić information content (AvgIpc) is 3.55. The first-order valence-electron chi connectivity index (χ1n) is 12.1. The normalized spacial score (nSPS) is 18.9. The number of nitrogens with zero attached hydrogens (tertiary/aromatic N) is 4. The zero-order valence-corrected chi connectivity index (χ0v) is 20.4. The number of amides is 2. The summed E-state index contributed by atoms with van der Waals surface area (Å²) >= 11 is 0. The number of pyridine rings is 1. The Morgan fingerprint density at radius 1 is 1.11 bits per heavy atom. The third-order valence-corrected chi connectivity index (χ3v) is 7.05. The van der Waals surface area contributed by atoms with Gasteiger partial charge in [-0.2, -0.15) is 22.0 Å². The van der Waals surface area contributed by atoms with Crippen LogP contribution in [0.4, 0.5) is 42.5 Å². The van der Waals surface area contributed by atoms with Crippen molar-refractivity contribution in [2.45, 2.75) is 25.4 Å². The lowest BCUT2D eigenvalue weighted by Crippen LogP contribution is -2.45. The quantitative estimate of drug-likeness (QED) is 0.454. The smallest absolute Gasteiger partial charge is 0.378 e. The van der Waals surface area contributed by atoms with Crippen molar-refractivity contribution < 1.29 is 35.9 Å². The number of carbonyl (C=O) groups excluding carboxylic acids is 1. The molecule has 2 aliphatic rings. The summed E-state index contributed by atoms with van der Waals surface area (Å²) in [6, 6.07) is 3.64. The van der Waals surface area contributed by atoms with E-state index >= 15 is 0 Å². The minimum atomic E-state index is -5.71. The van der Waals surface area contributed by atoms with Crippen LogP contribution in [0.1, 0.15) is 12.0 Å². The first-order valence-corrected chi connectivity index (χ1v) is 12.1. The molecule has 2 aliphatic heterocycles. The van der Waals surface area contributed by atoms with Gasteiger partial charge in [0.25, 0.3) is 0 Å². The highest BCUT2D eigenvalue weighted by Crippen LogP contribution is 2.44. The number of rotatable bonds is 4. The molecule has 2 saturated heterocycles. The molecule has 13 heteroatoms. The van der Waals surface area contributed by atoms with Gasteiger partial charge in [0.15, 0.2) is 5.65 Å². The van der Waals surface area contributed by atoms with E-state index in [1.807, 2.05) is 16.7 Å². The van der Waals surface area contributed by atoms with E-state index in [0.29, 0.717) is 37.4 Å². The van der Waals surface area contributed by atoms with Gasteiger partial charge in [-0.3, -0.25) is 0 Å². The minimum absolute atomic E-state index is 0.208. The van der Waals surface area contributed by atoms with Gasteiger partial charge in [-0.1, -0.05) is 0 Å². The molecule has 2 fully saturated rings. The number of imidazole rings is 1. The van der Waals surface area contributed by atoms with Crippen LogP contribution < -0.4 is 10.2 Å². The lowest BCUT2D eigenvalue weighted by Gasteiger charge is -2.29. The molecule has 0 aliphatic carbocycles. The summed E-state index contributed by atoms with van der Waals surface area (Å²) in [6.07, 6.45) is -0.958. The second-order valence-electron chi connectivity index (χ2n) is 9.50. The number of aromatic nitrogens is 2. The number of halogens is 6. The highest BCUT2D eigenvalue weighted by Gasteiger charge is 2.63. The van der Waals surface area contributed by atoms with Crippen molar-refractivity contribution in [1.29, 1.82) is 0 Å². The van der Waals surface area contributed by atoms with E-state index in [2.05, 4.69) is 15.2 Å². The molecule has 2 amide bonds. The number of morpholine rings is 1. The number of nitrogens with one attached hydrogen (secondary N) is 1. The SMILES string of the molecule is Cc1cc(F)c(NC(=O)N2CCC(C(F)(F)C(F)(F)F)C2)cc1-c1cc(N2CCOCC2)c2nccn2c1. The van der Waals surface area contributed by atoms with E-state index in [9.17, 15) is 31.1 Å². The van der Waals surface area contributed by atoms with Crippen molar-refractivity contribution in [1.82, 2.24) is 14.3 Å². The molecule has 0 spiro atoms. The number of anilines is 2. The van der Waals surface area contributed by atoms with Crippen molar-refractivity contribution in [2.75, 3.05) is 49.6 Å². The Kier molecular flexibility index (Phi) is 6.66. The molecular formula is C25H25F6N5O2. The summed E-state index contributed by atoms with van der Waals surface area (Å²) < 4.78 is 87.9. The van der Waals surface area contributed by atoms with E-state index in [0.717, 1.165) is 21.8 Å². The van der Waals surface area contributed by atoms with Crippen LogP contribution in [0.15, 0.2) is 36.8 Å². The number of carbonyl (C=O) groups is 1. The van der Waals surface area contributed by atoms with Crippen LogP contribution in [-0.2, 0) is 4.74 Å². The summed E-state index contributed by atoms with van der Waals surface area (Å²) in [4.78, 5) is 20.1. The van der Waals surface area contributed by atoms with Crippen LogP contribution in [0.3, 0.4) is 0 Å². The standard InChI is InChI=1S/C25H25F6N5O2/c1-15-10-19(26)20(33-23(37)36-4-2-17(14-36)24(27,28)25(29,30)31)12-18(15)16-11-21(34-6-8-38-9-7-34)22-32-3-5-35(22)13-16/h3,5,10-13,17H,2,4,6-9,14H2,1H3,(H,33,37). The number of urea groups is 1. The van der Waals surface area contributed by atoms with Gasteiger partial charge in [-0.05, 0) is 42.7 Å². The van der Waals surface area contributed by atoms with Gasteiger partial charge in [0, 0.05) is 50.3 Å². The van der Waals surface area contributed by atoms with E-state index in [1.54, 1.807) is 19.3 Å². The number of hydrogen-bond acceptors (Lipinski definition) is 4. The number of aryl methyl sites for hydroxylation is 1. The van der Waals surface area contributed by atoms with Crippen molar-refractivity contribution >= 4 is 23.1 Å². The van der Waals surface area contributed by atoms with Gasteiger partial charge in [-0.25, -0.2) is 14.2 Å².